The quantitative estimate of drug-likeness (QED) is 0.186. The summed E-state index contributed by atoms with van der Waals surface area (Å²) in [6.07, 6.45) is 0. The van der Waals surface area contributed by atoms with Crippen LogP contribution >= 0.6 is 0 Å². The molecule has 0 fully saturated rings. The van der Waals surface area contributed by atoms with Gasteiger partial charge in [0, 0.05) is 32.9 Å². The number of hydrogen-bond acceptors (Lipinski definition) is 3. The van der Waals surface area contributed by atoms with Gasteiger partial charge in [0.25, 0.3) is 0 Å². The molecule has 10 aromatic rings. The van der Waals surface area contributed by atoms with E-state index in [4.69, 9.17) is 9.47 Å². The lowest BCUT2D eigenvalue weighted by atomic mass is 10.0. The summed E-state index contributed by atoms with van der Waals surface area (Å²) >= 11 is 0. The fourth-order valence-corrected chi connectivity index (χ4v) is 8.57. The number of rotatable bonds is 3. The van der Waals surface area contributed by atoms with Crippen LogP contribution in [0.25, 0.3) is 66.1 Å². The number of para-hydroxylation sites is 8. The monoisotopic (exact) mass is 679 g/mol. The van der Waals surface area contributed by atoms with Gasteiger partial charge in [0.1, 0.15) is 0 Å². The summed E-state index contributed by atoms with van der Waals surface area (Å²) in [4.78, 5) is 2.30. The van der Waals surface area contributed by atoms with Gasteiger partial charge in [-0.1, -0.05) is 84.9 Å². The molecule has 0 radical (unpaired) electrons. The van der Waals surface area contributed by atoms with Gasteiger partial charge in [-0.3, -0.25) is 0 Å². The van der Waals surface area contributed by atoms with Gasteiger partial charge in [0.05, 0.1) is 39.1 Å². The highest BCUT2D eigenvalue weighted by Crippen LogP contribution is 2.51. The molecule has 0 bridgehead atoms. The van der Waals surface area contributed by atoms with E-state index >= 15 is 0 Å². The average molecular weight is 680 g/mol. The molecule has 0 saturated heterocycles. The normalized spacial score (nSPS) is 12.8. The maximum atomic E-state index is 6.58. The molecule has 2 aliphatic rings. The van der Waals surface area contributed by atoms with Crippen LogP contribution in [0.3, 0.4) is 0 Å². The van der Waals surface area contributed by atoms with Crippen LogP contribution in [-0.2, 0) is 0 Å². The minimum absolute atomic E-state index is 0.847. The van der Waals surface area contributed by atoms with Gasteiger partial charge < -0.3 is 23.5 Å². The van der Waals surface area contributed by atoms with Crippen molar-refractivity contribution in [1.29, 1.82) is 0 Å². The number of hydrogen-bond donors (Lipinski definition) is 0. The zero-order chi connectivity index (χ0) is 34.6. The topological polar surface area (TPSA) is 31.6 Å². The second-order valence-electron chi connectivity index (χ2n) is 13.8. The second-order valence-corrected chi connectivity index (χ2v) is 13.8. The summed E-state index contributed by atoms with van der Waals surface area (Å²) in [6, 6.07) is 62.3. The van der Waals surface area contributed by atoms with Gasteiger partial charge in [-0.15, -0.1) is 0 Å². The first kappa shape index (κ1) is 28.5. The predicted molar refractivity (Wildman–Crippen MR) is 215 cm³/mol. The summed E-state index contributed by atoms with van der Waals surface area (Å²) in [7, 11) is 0. The van der Waals surface area contributed by atoms with E-state index in [1.54, 1.807) is 0 Å². The van der Waals surface area contributed by atoms with Crippen LogP contribution in [0.4, 0.5) is 17.1 Å². The molecule has 5 heteroatoms. The Morgan fingerprint density at radius 2 is 0.849 bits per heavy atom. The van der Waals surface area contributed by atoms with Crippen molar-refractivity contribution in [2.75, 3.05) is 4.90 Å². The number of benzene rings is 8. The lowest BCUT2D eigenvalue weighted by Crippen LogP contribution is -2.15. The Bertz CT molecular complexity index is 3090. The van der Waals surface area contributed by atoms with E-state index in [1.165, 1.54) is 32.6 Å². The van der Waals surface area contributed by atoms with Gasteiger partial charge in [-0.25, -0.2) is 0 Å². The minimum atomic E-state index is 0.847. The molecule has 12 rings (SSSR count). The van der Waals surface area contributed by atoms with E-state index < -0.39 is 0 Å². The third-order valence-corrected chi connectivity index (χ3v) is 10.9. The Hall–Kier alpha value is -7.24. The summed E-state index contributed by atoms with van der Waals surface area (Å²) in [6.45, 7) is 0. The van der Waals surface area contributed by atoms with Crippen LogP contribution in [-0.4, -0.2) is 9.13 Å². The lowest BCUT2D eigenvalue weighted by molar-refractivity contribution is 0.476. The van der Waals surface area contributed by atoms with Crippen LogP contribution in [0.15, 0.2) is 176 Å². The number of nitrogens with zero attached hydrogens (tertiary/aromatic N) is 3. The second kappa shape index (κ2) is 10.6. The Morgan fingerprint density at radius 1 is 0.321 bits per heavy atom. The number of anilines is 3. The smallest absolute Gasteiger partial charge is 0.152 e. The van der Waals surface area contributed by atoms with Gasteiger partial charge in [0.15, 0.2) is 23.0 Å². The highest BCUT2D eigenvalue weighted by Gasteiger charge is 2.27. The van der Waals surface area contributed by atoms with Crippen molar-refractivity contribution in [2.45, 2.75) is 0 Å². The highest BCUT2D eigenvalue weighted by molar-refractivity contribution is 6.14. The van der Waals surface area contributed by atoms with Crippen molar-refractivity contribution in [3.05, 3.63) is 176 Å². The standard InChI is InChI=1S/C48H29N3O2/c1-3-13-38-34(11-1)36-29-33(50-41-15-5-8-18-44(41)52-45-19-9-6-16-42(45)50)25-26-40(36)49(38)32-23-21-30(22-24-32)31-27-37-35-12-2-4-14-39(35)51-43-17-7-10-20-46(43)53-47(28-31)48(37)51/h1-29H. The summed E-state index contributed by atoms with van der Waals surface area (Å²) in [5.74, 6) is 3.44. The number of ether oxygens (including phenoxy) is 2. The molecule has 0 amide bonds. The molecule has 0 saturated carbocycles. The fourth-order valence-electron chi connectivity index (χ4n) is 8.57. The van der Waals surface area contributed by atoms with E-state index in [-0.39, 0.29) is 0 Å². The van der Waals surface area contributed by atoms with E-state index in [2.05, 4.69) is 154 Å². The van der Waals surface area contributed by atoms with Crippen LogP contribution in [0.2, 0.25) is 0 Å². The predicted octanol–water partition coefficient (Wildman–Crippen LogP) is 13.2. The van der Waals surface area contributed by atoms with Gasteiger partial charge in [-0.2, -0.15) is 0 Å². The van der Waals surface area contributed by atoms with Crippen molar-refractivity contribution in [3.63, 3.8) is 0 Å². The zero-order valence-electron chi connectivity index (χ0n) is 28.4. The van der Waals surface area contributed by atoms with E-state index in [0.717, 1.165) is 73.6 Å². The van der Waals surface area contributed by atoms with E-state index in [1.807, 2.05) is 36.4 Å². The molecule has 0 unspecified atom stereocenters. The molecular formula is C48H29N3O2. The first-order valence-electron chi connectivity index (χ1n) is 17.9. The Balaban J connectivity index is 0.991. The zero-order valence-corrected chi connectivity index (χ0v) is 28.4. The minimum Gasteiger partial charge on any atom is -0.453 e. The Kier molecular flexibility index (Phi) is 5.71. The molecule has 2 aliphatic heterocycles. The highest BCUT2D eigenvalue weighted by atomic mass is 16.5. The van der Waals surface area contributed by atoms with Crippen molar-refractivity contribution >= 4 is 60.7 Å². The molecule has 2 aromatic heterocycles. The van der Waals surface area contributed by atoms with Gasteiger partial charge >= 0.3 is 0 Å². The maximum Gasteiger partial charge on any atom is 0.152 e. The maximum absolute atomic E-state index is 6.58. The fraction of sp³-hybridized carbons (Fsp3) is 0. The third-order valence-electron chi connectivity index (χ3n) is 10.9. The summed E-state index contributed by atoms with van der Waals surface area (Å²) in [5, 5.41) is 4.82. The molecular weight excluding hydrogens is 651 g/mol. The largest absolute Gasteiger partial charge is 0.453 e. The van der Waals surface area contributed by atoms with Crippen LogP contribution in [0, 0.1) is 0 Å². The molecule has 0 atom stereocenters. The average Bonchev–Trinajstić information content (AvgIpc) is 3.73. The molecule has 8 aromatic carbocycles. The van der Waals surface area contributed by atoms with Gasteiger partial charge in [-0.05, 0) is 102 Å². The van der Waals surface area contributed by atoms with Crippen LogP contribution < -0.4 is 14.4 Å². The van der Waals surface area contributed by atoms with E-state index in [9.17, 15) is 0 Å². The Labute approximate surface area is 304 Å². The first-order chi connectivity index (χ1) is 26.3. The molecule has 4 heterocycles. The number of aromatic nitrogens is 2. The Morgan fingerprint density at radius 3 is 1.57 bits per heavy atom. The molecule has 0 N–H and O–H groups in total. The first-order valence-corrected chi connectivity index (χ1v) is 17.9. The van der Waals surface area contributed by atoms with Crippen molar-refractivity contribution in [3.8, 4) is 45.5 Å². The van der Waals surface area contributed by atoms with Crippen LogP contribution in [0.1, 0.15) is 0 Å². The molecule has 248 valence electrons. The molecule has 53 heavy (non-hydrogen) atoms. The molecule has 0 aliphatic carbocycles. The van der Waals surface area contributed by atoms with Gasteiger partial charge in [0.2, 0.25) is 0 Å². The number of fused-ring (bicyclic) bond motifs is 10. The SMILES string of the molecule is c1ccc2c(c1)Oc1ccccc1N2c1ccc2c(c1)c1ccccc1n2-c1ccc(-c2cc3c4c(c2)c2ccccc2n4-c2ccccc2O3)cc1. The summed E-state index contributed by atoms with van der Waals surface area (Å²) in [5.41, 5.74) is 12.2. The van der Waals surface area contributed by atoms with Crippen LogP contribution in [0.5, 0.6) is 23.0 Å². The third kappa shape index (κ3) is 4.02. The van der Waals surface area contributed by atoms with Crippen molar-refractivity contribution in [2.24, 2.45) is 0 Å². The lowest BCUT2D eigenvalue weighted by Gasteiger charge is -2.32. The van der Waals surface area contributed by atoms with Crippen molar-refractivity contribution in [1.82, 2.24) is 9.13 Å². The molecule has 0 spiro atoms. The molecule has 5 nitrogen and oxygen atoms in total. The van der Waals surface area contributed by atoms with E-state index in [0.29, 0.717) is 0 Å². The van der Waals surface area contributed by atoms with Crippen molar-refractivity contribution < 1.29 is 9.47 Å². The summed E-state index contributed by atoms with van der Waals surface area (Å²) < 4.78 is 17.6.